The Labute approximate surface area is 388 Å². The van der Waals surface area contributed by atoms with Crippen LogP contribution in [0.15, 0.2) is 126 Å². The van der Waals surface area contributed by atoms with Crippen LogP contribution in [0.5, 0.6) is 5.75 Å². The second-order valence-corrected chi connectivity index (χ2v) is 14.7. The molecule has 0 aliphatic carbocycles. The van der Waals surface area contributed by atoms with Gasteiger partial charge in [-0.1, -0.05) is 41.6 Å². The number of carbonyl (C=O) groups excluding carboxylic acids is 2. The van der Waals surface area contributed by atoms with Gasteiger partial charge in [0.15, 0.2) is 5.69 Å². The summed E-state index contributed by atoms with van der Waals surface area (Å²) in [7, 11) is 3.00. The first-order chi connectivity index (χ1) is 32.6. The molecule has 2 heterocycles. The van der Waals surface area contributed by atoms with Crippen LogP contribution in [0.1, 0.15) is 65.0 Å². The average molecular weight is 994 g/mol. The predicted molar refractivity (Wildman–Crippen MR) is 229 cm³/mol. The van der Waals surface area contributed by atoms with Crippen LogP contribution in [0.4, 0.5) is 64.1 Å². The van der Waals surface area contributed by atoms with Crippen molar-refractivity contribution in [2.75, 3.05) is 17.7 Å². The van der Waals surface area contributed by atoms with Crippen LogP contribution in [0.3, 0.4) is 0 Å². The van der Waals surface area contributed by atoms with Crippen LogP contribution in [-0.2, 0) is 31.8 Å². The van der Waals surface area contributed by atoms with Crippen LogP contribution in [0.2, 0.25) is 0 Å². The van der Waals surface area contributed by atoms with Crippen molar-refractivity contribution in [1.82, 2.24) is 14.9 Å². The van der Waals surface area contributed by atoms with Gasteiger partial charge in [0, 0.05) is 24.5 Å². The minimum absolute atomic E-state index is 0.00353. The van der Waals surface area contributed by atoms with E-state index in [0.717, 1.165) is 5.69 Å². The molecular formula is C47H35F12N5O6. The van der Waals surface area contributed by atoms with Gasteiger partial charge < -0.3 is 25.0 Å². The molecule has 0 saturated carbocycles. The van der Waals surface area contributed by atoms with Crippen LogP contribution in [-0.4, -0.2) is 44.9 Å². The van der Waals surface area contributed by atoms with E-state index in [-0.39, 0.29) is 39.5 Å². The normalized spacial score (nSPS) is 11.7. The number of aromatic carboxylic acids is 1. The Balaban J connectivity index is 0.000000218. The van der Waals surface area contributed by atoms with Crippen molar-refractivity contribution in [3.63, 3.8) is 0 Å². The van der Waals surface area contributed by atoms with E-state index in [1.54, 1.807) is 39.1 Å². The molecule has 0 aliphatic rings. The summed E-state index contributed by atoms with van der Waals surface area (Å²) in [5.74, 6) is -1.32. The first-order valence-corrected chi connectivity index (χ1v) is 19.8. The van der Waals surface area contributed by atoms with E-state index in [0.29, 0.717) is 47.9 Å². The highest BCUT2D eigenvalue weighted by Crippen LogP contribution is 2.42. The van der Waals surface area contributed by atoms with Crippen molar-refractivity contribution in [1.29, 1.82) is 0 Å². The number of amides is 2. The molecule has 70 heavy (non-hydrogen) atoms. The first kappa shape index (κ1) is 52.9. The number of aryl methyl sites for hydroxylation is 3. The lowest BCUT2D eigenvalue weighted by atomic mass is 9.96. The summed E-state index contributed by atoms with van der Waals surface area (Å²) in [5.41, 5.74) is -4.49. The van der Waals surface area contributed by atoms with Gasteiger partial charge in [-0.2, -0.15) is 57.8 Å². The van der Waals surface area contributed by atoms with E-state index in [4.69, 9.17) is 14.4 Å². The molecule has 0 saturated heterocycles. The lowest BCUT2D eigenvalue weighted by Gasteiger charge is -2.16. The minimum Gasteiger partial charge on any atom is -0.496 e. The fourth-order valence-corrected chi connectivity index (χ4v) is 6.39. The largest absolute Gasteiger partial charge is 0.496 e. The summed E-state index contributed by atoms with van der Waals surface area (Å²) in [4.78, 5) is 34.8. The smallest absolute Gasteiger partial charge is 0.417 e. The number of hydrogen-bond donors (Lipinski definition) is 3. The number of aromatic nitrogens is 3. The Hall–Kier alpha value is -8.11. The fourth-order valence-electron chi connectivity index (χ4n) is 6.39. The summed E-state index contributed by atoms with van der Waals surface area (Å²) < 4.78 is 169. The second-order valence-electron chi connectivity index (χ2n) is 14.7. The van der Waals surface area contributed by atoms with Crippen LogP contribution in [0, 0.1) is 13.8 Å². The molecular weight excluding hydrogens is 959 g/mol. The van der Waals surface area contributed by atoms with Crippen LogP contribution >= 0.6 is 0 Å². The maximum absolute atomic E-state index is 13.3. The molecule has 3 N–H and O–H groups in total. The Kier molecular flexibility index (Phi) is 15.9. The molecule has 5 aromatic carbocycles. The van der Waals surface area contributed by atoms with Gasteiger partial charge in [0.05, 0.1) is 40.6 Å². The maximum Gasteiger partial charge on any atom is 0.417 e. The van der Waals surface area contributed by atoms with Crippen molar-refractivity contribution in [2.45, 2.75) is 38.6 Å². The van der Waals surface area contributed by atoms with E-state index in [2.05, 4.69) is 20.9 Å². The molecule has 2 aromatic heterocycles. The number of anilines is 2. The highest BCUT2D eigenvalue weighted by molar-refractivity contribution is 6.06. The van der Waals surface area contributed by atoms with Crippen LogP contribution in [0.25, 0.3) is 22.3 Å². The Morgan fingerprint density at radius 3 is 1.41 bits per heavy atom. The summed E-state index contributed by atoms with van der Waals surface area (Å²) in [6.07, 6.45) is -19.3. The average Bonchev–Trinajstić information content (AvgIpc) is 3.89. The number of nitrogens with zero attached hydrogens (tertiary/aromatic N) is 3. The van der Waals surface area contributed by atoms with E-state index >= 15 is 0 Å². The van der Waals surface area contributed by atoms with Gasteiger partial charge in [0.25, 0.3) is 11.8 Å². The summed E-state index contributed by atoms with van der Waals surface area (Å²) in [6.45, 7) is 3.35. The van der Waals surface area contributed by atoms with Crippen molar-refractivity contribution in [3.05, 3.63) is 172 Å². The zero-order valence-corrected chi connectivity index (χ0v) is 36.4. The van der Waals surface area contributed by atoms with Crippen molar-refractivity contribution >= 4 is 29.2 Å². The summed E-state index contributed by atoms with van der Waals surface area (Å²) >= 11 is 0. The van der Waals surface area contributed by atoms with Gasteiger partial charge in [-0.25, -0.2) is 4.79 Å². The van der Waals surface area contributed by atoms with Gasteiger partial charge in [-0.05, 0) is 115 Å². The number of carboxylic acids is 1. The van der Waals surface area contributed by atoms with Crippen molar-refractivity contribution in [2.24, 2.45) is 7.05 Å². The molecule has 7 rings (SSSR count). The molecule has 0 atom stereocenters. The number of para-hydroxylation sites is 1. The number of ether oxygens (including phenoxy) is 1. The molecule has 7 aromatic rings. The van der Waals surface area contributed by atoms with Gasteiger partial charge in [-0.3, -0.25) is 14.3 Å². The lowest BCUT2D eigenvalue weighted by molar-refractivity contribution is -0.141. The molecule has 0 radical (unpaired) electrons. The number of rotatable bonds is 8. The van der Waals surface area contributed by atoms with E-state index in [9.17, 15) is 67.1 Å². The topological polar surface area (TPSA) is 149 Å². The molecule has 0 fully saturated rings. The number of halogens is 12. The quantitative estimate of drug-likeness (QED) is 0.127. The predicted octanol–water partition coefficient (Wildman–Crippen LogP) is 13.0. The number of methoxy groups -OCH3 is 1. The number of carbonyl (C=O) groups is 3. The standard InChI is InChI=1S/C22H15F6NO2.C19H12F6N2O2.C6H8N2O2/c1-31-19-5-3-2-4-16(19)20(30)29-15-9-6-13(7-10-15)17-12-14(21(23,24)25)8-11-18(17)22(26,27)28;1-10-8-16(27-29-10)17(28)26-13-5-2-11(3-6-13)14-9-12(18(20,21)22)4-7-15(14)19(23,24)25;1-4-3-5(6(9)10)8(2)7-4/h2-12H,1H3,(H,29,30);2-9H,1H3,(H,26,28);3H,1-2H3,(H,9,10). The third kappa shape index (κ3) is 13.5. The van der Waals surface area contributed by atoms with E-state index < -0.39 is 75.9 Å². The third-order valence-corrected chi connectivity index (χ3v) is 9.65. The maximum atomic E-state index is 13.3. The molecule has 0 aliphatic heterocycles. The molecule has 2 amide bonds. The minimum atomic E-state index is -4.84. The monoisotopic (exact) mass is 993 g/mol. The number of nitrogens with one attached hydrogen (secondary N) is 2. The fraction of sp³-hybridized carbons (Fsp3) is 0.170. The lowest BCUT2D eigenvalue weighted by Crippen LogP contribution is -2.13. The SMILES string of the molecule is COc1ccccc1C(=O)Nc1ccc(-c2cc(C(F)(F)F)ccc2C(F)(F)F)cc1.Cc1cc(C(=O)Nc2ccc(-c3cc(C(F)(F)F)ccc3C(F)(F)F)cc2)no1.Cc1cc(C(=O)O)n(C)n1. The Morgan fingerprint density at radius 2 is 1.06 bits per heavy atom. The molecule has 0 unspecified atom stereocenters. The van der Waals surface area contributed by atoms with Crippen molar-refractivity contribution < 1.29 is 81.4 Å². The van der Waals surface area contributed by atoms with Gasteiger partial charge >= 0.3 is 30.7 Å². The Bertz CT molecular complexity index is 2980. The molecule has 11 nitrogen and oxygen atoms in total. The Morgan fingerprint density at radius 1 is 0.600 bits per heavy atom. The second kappa shape index (κ2) is 21.0. The number of hydrogen-bond acceptors (Lipinski definition) is 7. The van der Waals surface area contributed by atoms with Gasteiger partial charge in [-0.15, -0.1) is 0 Å². The van der Waals surface area contributed by atoms with Gasteiger partial charge in [0.1, 0.15) is 17.2 Å². The molecule has 23 heteroatoms. The highest BCUT2D eigenvalue weighted by atomic mass is 19.4. The first-order valence-electron chi connectivity index (χ1n) is 19.8. The van der Waals surface area contributed by atoms with Crippen LogP contribution < -0.4 is 15.4 Å². The highest BCUT2D eigenvalue weighted by Gasteiger charge is 2.39. The number of benzene rings is 5. The summed E-state index contributed by atoms with van der Waals surface area (Å²) in [5, 5.41) is 21.0. The van der Waals surface area contributed by atoms with Crippen molar-refractivity contribution in [3.8, 4) is 28.0 Å². The zero-order chi connectivity index (χ0) is 51.9. The molecule has 368 valence electrons. The van der Waals surface area contributed by atoms with E-state index in [1.807, 2.05) is 0 Å². The van der Waals surface area contributed by atoms with E-state index in [1.165, 1.54) is 78.5 Å². The molecule has 0 bridgehead atoms. The third-order valence-electron chi connectivity index (χ3n) is 9.65. The number of carboxylic acid groups (broad SMARTS) is 1. The summed E-state index contributed by atoms with van der Waals surface area (Å²) in [6, 6.07) is 21.8. The number of alkyl halides is 12. The molecule has 0 spiro atoms. The van der Waals surface area contributed by atoms with Gasteiger partial charge in [0.2, 0.25) is 0 Å². The zero-order valence-electron chi connectivity index (χ0n) is 36.4.